The summed E-state index contributed by atoms with van der Waals surface area (Å²) < 4.78 is 16.8. The van der Waals surface area contributed by atoms with Crippen molar-refractivity contribution in [1.82, 2.24) is 30.0 Å². The minimum Gasteiger partial charge on any atom is -0.293 e. The van der Waals surface area contributed by atoms with Crippen LogP contribution in [0.5, 0.6) is 0 Å². The number of carbonyl (C=O) groups is 3. The fraction of sp³-hybridized carbons (Fsp3) is 0.333. The molecule has 10 heteroatoms. The number of benzene rings is 2. The maximum Gasteiger partial charge on any atom is 0.248 e. The van der Waals surface area contributed by atoms with Gasteiger partial charge in [-0.25, -0.2) is 14.4 Å². The van der Waals surface area contributed by atoms with Gasteiger partial charge in [0.05, 0.1) is 18.1 Å². The number of ketones is 1. The van der Waals surface area contributed by atoms with Crippen LogP contribution in [0.2, 0.25) is 0 Å². The molecule has 0 bridgehead atoms. The van der Waals surface area contributed by atoms with Crippen molar-refractivity contribution in [2.45, 2.75) is 59.2 Å². The Balaban J connectivity index is 1.20. The second-order valence-electron chi connectivity index (χ2n) is 11.6. The maximum absolute atomic E-state index is 15.3. The summed E-state index contributed by atoms with van der Waals surface area (Å²) in [5, 5.41) is 7.59. The number of Topliss-reactive ketones (excluding diaryl/α,β-unsaturated/α-hetero) is 1. The van der Waals surface area contributed by atoms with Crippen LogP contribution in [-0.2, 0) is 16.1 Å². The molecule has 43 heavy (non-hydrogen) atoms. The van der Waals surface area contributed by atoms with Gasteiger partial charge in [-0.1, -0.05) is 30.3 Å². The van der Waals surface area contributed by atoms with Crippen molar-refractivity contribution in [3.8, 4) is 11.1 Å². The molecule has 2 fully saturated rings. The van der Waals surface area contributed by atoms with Crippen LogP contribution in [0.15, 0.2) is 60.7 Å². The van der Waals surface area contributed by atoms with Crippen LogP contribution in [-0.4, -0.2) is 60.9 Å². The topological polar surface area (TPSA) is 110 Å². The third-order valence-corrected chi connectivity index (χ3v) is 8.51. The first kappa shape index (κ1) is 28.5. The first-order chi connectivity index (χ1) is 20.6. The lowest BCUT2D eigenvalue weighted by molar-refractivity contribution is -0.133. The molecule has 0 spiro atoms. The number of halogens is 1. The van der Waals surface area contributed by atoms with Gasteiger partial charge in [-0.3, -0.25) is 29.3 Å². The zero-order valence-electron chi connectivity index (χ0n) is 24.6. The number of fused-ring (bicyclic) bond motifs is 2. The molecular weight excluding hydrogens is 547 g/mol. The number of likely N-dealkylation sites (tertiary alicyclic amines) is 1. The van der Waals surface area contributed by atoms with Gasteiger partial charge in [-0.05, 0) is 73.9 Å². The Labute approximate surface area is 248 Å². The summed E-state index contributed by atoms with van der Waals surface area (Å²) in [6.45, 7) is 6.64. The van der Waals surface area contributed by atoms with E-state index in [1.807, 2.05) is 54.3 Å². The minimum absolute atomic E-state index is 0.0213. The number of piperidine rings is 1. The molecule has 3 unspecified atom stereocenters. The molecule has 2 amide bonds. The zero-order chi connectivity index (χ0) is 30.4. The van der Waals surface area contributed by atoms with Crippen molar-refractivity contribution in [1.29, 1.82) is 0 Å². The number of hydrogen-bond donors (Lipinski definition) is 1. The Kier molecular flexibility index (Phi) is 7.47. The third kappa shape index (κ3) is 5.62. The Morgan fingerprint density at radius 3 is 2.40 bits per heavy atom. The van der Waals surface area contributed by atoms with E-state index < -0.39 is 17.9 Å². The molecule has 2 aromatic heterocycles. The summed E-state index contributed by atoms with van der Waals surface area (Å²) in [6.07, 6.45) is 4.96. The van der Waals surface area contributed by atoms with Crippen LogP contribution in [0.4, 0.5) is 4.39 Å². The van der Waals surface area contributed by atoms with Crippen LogP contribution in [0.25, 0.3) is 27.6 Å². The van der Waals surface area contributed by atoms with Crippen molar-refractivity contribution in [3.63, 3.8) is 0 Å². The van der Waals surface area contributed by atoms with Crippen molar-refractivity contribution < 1.29 is 18.8 Å². The first-order valence-electron chi connectivity index (χ1n) is 14.4. The number of allylic oxidation sites excluding steroid dienone is 1. The smallest absolute Gasteiger partial charge is 0.248 e. The quantitative estimate of drug-likeness (QED) is 0.298. The van der Waals surface area contributed by atoms with Crippen molar-refractivity contribution in [2.75, 3.05) is 6.54 Å². The average Bonchev–Trinajstić information content (AvgIpc) is 3.53. The number of amides is 2. The van der Waals surface area contributed by atoms with Crippen LogP contribution in [0.3, 0.4) is 0 Å². The maximum atomic E-state index is 15.3. The highest BCUT2D eigenvalue weighted by Crippen LogP contribution is 2.48. The largest absolute Gasteiger partial charge is 0.293 e. The van der Waals surface area contributed by atoms with E-state index in [1.165, 1.54) is 11.6 Å². The number of aryl methyl sites for hydroxylation is 2. The van der Waals surface area contributed by atoms with E-state index in [2.05, 4.69) is 20.4 Å². The van der Waals surface area contributed by atoms with Gasteiger partial charge in [-0.2, -0.15) is 5.10 Å². The summed E-state index contributed by atoms with van der Waals surface area (Å²) in [7, 11) is 0. The number of nitrogens with one attached hydrogen (secondary N) is 1. The van der Waals surface area contributed by atoms with Gasteiger partial charge in [-0.15, -0.1) is 0 Å². The predicted molar refractivity (Wildman–Crippen MR) is 161 cm³/mol. The SMILES string of the molecule is CC(=O)c1nn(CC(=O)NC(=O)C2CC3CC3N2C/C(F)=C(/C)c2ccccc2)c2c(C)cc(-c3cnc(C)nc3)cc12. The fourth-order valence-electron chi connectivity index (χ4n) is 6.16. The van der Waals surface area contributed by atoms with Gasteiger partial charge in [0.15, 0.2) is 5.78 Å². The number of aromatic nitrogens is 4. The number of hydrogen-bond acceptors (Lipinski definition) is 7. The van der Waals surface area contributed by atoms with E-state index in [0.717, 1.165) is 28.7 Å². The number of rotatable bonds is 8. The van der Waals surface area contributed by atoms with E-state index in [0.29, 0.717) is 34.6 Å². The molecule has 1 saturated carbocycles. The lowest BCUT2D eigenvalue weighted by Gasteiger charge is -2.26. The second kappa shape index (κ2) is 11.3. The van der Waals surface area contributed by atoms with Crippen molar-refractivity contribution in [3.05, 3.63) is 83.3 Å². The van der Waals surface area contributed by atoms with Gasteiger partial charge >= 0.3 is 0 Å². The highest BCUT2D eigenvalue weighted by atomic mass is 19.1. The van der Waals surface area contributed by atoms with Gasteiger partial charge in [0.2, 0.25) is 11.8 Å². The predicted octanol–water partition coefficient (Wildman–Crippen LogP) is 4.82. The summed E-state index contributed by atoms with van der Waals surface area (Å²) in [5.41, 5.74) is 4.65. The van der Waals surface area contributed by atoms with Crippen LogP contribution >= 0.6 is 0 Å². The number of carbonyl (C=O) groups excluding carboxylic acids is 3. The summed E-state index contributed by atoms with van der Waals surface area (Å²) in [5.74, 6) is -0.519. The first-order valence-corrected chi connectivity index (χ1v) is 14.4. The van der Waals surface area contributed by atoms with Crippen molar-refractivity contribution in [2.24, 2.45) is 5.92 Å². The van der Waals surface area contributed by atoms with E-state index in [9.17, 15) is 14.4 Å². The fourth-order valence-corrected chi connectivity index (χ4v) is 6.16. The Hall–Kier alpha value is -4.57. The molecule has 1 aliphatic carbocycles. The molecule has 4 aromatic rings. The monoisotopic (exact) mass is 580 g/mol. The second-order valence-corrected chi connectivity index (χ2v) is 11.6. The van der Waals surface area contributed by atoms with Crippen molar-refractivity contribution >= 4 is 34.1 Å². The van der Waals surface area contributed by atoms with Gasteiger partial charge < -0.3 is 0 Å². The normalized spacial score (nSPS) is 20.1. The molecule has 2 aromatic carbocycles. The molecule has 6 rings (SSSR count). The molecular formula is C33H33FN6O3. The molecule has 2 aliphatic rings. The molecule has 220 valence electrons. The van der Waals surface area contributed by atoms with E-state index in [-0.39, 0.29) is 36.4 Å². The number of nitrogens with zero attached hydrogens (tertiary/aromatic N) is 5. The zero-order valence-corrected chi connectivity index (χ0v) is 24.6. The molecule has 3 atom stereocenters. The van der Waals surface area contributed by atoms with E-state index in [1.54, 1.807) is 26.2 Å². The molecule has 9 nitrogen and oxygen atoms in total. The van der Waals surface area contributed by atoms with E-state index >= 15 is 4.39 Å². The lowest BCUT2D eigenvalue weighted by atomic mass is 10.0. The summed E-state index contributed by atoms with van der Waals surface area (Å²) in [6, 6.07) is 12.7. The summed E-state index contributed by atoms with van der Waals surface area (Å²) >= 11 is 0. The van der Waals surface area contributed by atoms with Crippen LogP contribution < -0.4 is 5.32 Å². The standard InChI is InChI=1S/C33H33FN6O3/c1-18-10-23(25-14-35-21(4)36-15-25)11-26-31(20(3)41)38-40(32(18)26)17-30(42)37-33(43)29-13-24-12-28(24)39(29)16-27(34)19(2)22-8-6-5-7-9-22/h5-11,14-15,24,28-29H,12-13,16-17H2,1-4H3,(H,37,42,43)/b27-19+. The molecule has 3 heterocycles. The highest BCUT2D eigenvalue weighted by molar-refractivity contribution is 6.07. The van der Waals surface area contributed by atoms with Crippen LogP contribution in [0, 0.1) is 19.8 Å². The Morgan fingerprint density at radius 2 is 1.70 bits per heavy atom. The number of imide groups is 1. The van der Waals surface area contributed by atoms with Gasteiger partial charge in [0, 0.05) is 36.3 Å². The third-order valence-electron chi connectivity index (χ3n) is 8.51. The average molecular weight is 581 g/mol. The van der Waals surface area contributed by atoms with E-state index in [4.69, 9.17) is 0 Å². The Morgan fingerprint density at radius 1 is 0.977 bits per heavy atom. The van der Waals surface area contributed by atoms with Gasteiger partial charge in [0.1, 0.15) is 23.9 Å². The molecule has 1 saturated heterocycles. The molecule has 1 aliphatic heterocycles. The Bertz CT molecular complexity index is 1780. The molecule has 0 radical (unpaired) electrons. The summed E-state index contributed by atoms with van der Waals surface area (Å²) in [4.78, 5) is 49.4. The molecule has 1 N–H and O–H groups in total. The highest BCUT2D eigenvalue weighted by Gasteiger charge is 2.54. The van der Waals surface area contributed by atoms with Gasteiger partial charge in [0.25, 0.3) is 0 Å². The minimum atomic E-state index is -0.592. The lowest BCUT2D eigenvalue weighted by Crippen LogP contribution is -2.48. The van der Waals surface area contributed by atoms with Crippen LogP contribution in [0.1, 0.15) is 54.1 Å².